The standard InChI is InChI=1S/C9H9ClN2O/c1-7(13)12-11-6-8-2-4-9(10)5-3-8/h2-6H,1H3,(H,12,13)/b11-6-. The van der Waals surface area contributed by atoms with Crippen LogP contribution in [-0.4, -0.2) is 12.1 Å². The molecule has 0 aliphatic heterocycles. The van der Waals surface area contributed by atoms with E-state index in [2.05, 4.69) is 10.5 Å². The predicted molar refractivity (Wildman–Crippen MR) is 52.9 cm³/mol. The van der Waals surface area contributed by atoms with Gasteiger partial charge in [0.1, 0.15) is 0 Å². The van der Waals surface area contributed by atoms with E-state index in [9.17, 15) is 4.79 Å². The van der Waals surface area contributed by atoms with Crippen LogP contribution in [-0.2, 0) is 4.79 Å². The van der Waals surface area contributed by atoms with Gasteiger partial charge in [-0.2, -0.15) is 5.10 Å². The van der Waals surface area contributed by atoms with Crippen LogP contribution in [0.4, 0.5) is 0 Å². The van der Waals surface area contributed by atoms with Gasteiger partial charge in [-0.25, -0.2) is 5.43 Å². The van der Waals surface area contributed by atoms with Crippen LogP contribution in [0.3, 0.4) is 0 Å². The van der Waals surface area contributed by atoms with E-state index in [0.29, 0.717) is 5.02 Å². The maximum Gasteiger partial charge on any atom is 0.236 e. The fourth-order valence-corrected chi connectivity index (χ4v) is 0.873. The lowest BCUT2D eigenvalue weighted by Crippen LogP contribution is -2.12. The van der Waals surface area contributed by atoms with Crippen molar-refractivity contribution in [3.63, 3.8) is 0 Å². The van der Waals surface area contributed by atoms with Gasteiger partial charge in [0.2, 0.25) is 5.91 Å². The van der Waals surface area contributed by atoms with Gasteiger partial charge in [-0.3, -0.25) is 4.79 Å². The zero-order valence-corrected chi connectivity index (χ0v) is 7.88. The summed E-state index contributed by atoms with van der Waals surface area (Å²) in [4.78, 5) is 10.4. The van der Waals surface area contributed by atoms with Gasteiger partial charge in [-0.15, -0.1) is 0 Å². The van der Waals surface area contributed by atoms with Gasteiger partial charge in [0.25, 0.3) is 0 Å². The summed E-state index contributed by atoms with van der Waals surface area (Å²) < 4.78 is 0. The number of carbonyl (C=O) groups is 1. The Kier molecular flexibility index (Phi) is 3.46. The second-order valence-electron chi connectivity index (χ2n) is 2.48. The molecule has 68 valence electrons. The van der Waals surface area contributed by atoms with Gasteiger partial charge in [0.15, 0.2) is 0 Å². The lowest BCUT2D eigenvalue weighted by atomic mass is 10.2. The molecule has 0 aliphatic carbocycles. The van der Waals surface area contributed by atoms with E-state index in [1.54, 1.807) is 18.3 Å². The molecule has 0 atom stereocenters. The van der Waals surface area contributed by atoms with E-state index in [-0.39, 0.29) is 5.91 Å². The Morgan fingerprint density at radius 1 is 1.46 bits per heavy atom. The summed E-state index contributed by atoms with van der Waals surface area (Å²) in [5.74, 6) is -0.190. The number of amides is 1. The third-order valence-electron chi connectivity index (χ3n) is 1.31. The lowest BCUT2D eigenvalue weighted by Gasteiger charge is -1.93. The molecule has 0 fully saturated rings. The van der Waals surface area contributed by atoms with Crippen molar-refractivity contribution in [2.45, 2.75) is 6.92 Å². The van der Waals surface area contributed by atoms with E-state index >= 15 is 0 Å². The van der Waals surface area contributed by atoms with Crippen molar-refractivity contribution in [1.82, 2.24) is 5.43 Å². The molecule has 0 aromatic heterocycles. The summed E-state index contributed by atoms with van der Waals surface area (Å²) in [6.07, 6.45) is 1.55. The number of benzene rings is 1. The fraction of sp³-hybridized carbons (Fsp3) is 0.111. The molecule has 4 heteroatoms. The first-order valence-electron chi connectivity index (χ1n) is 3.73. The van der Waals surface area contributed by atoms with Crippen LogP contribution in [0.15, 0.2) is 29.4 Å². The monoisotopic (exact) mass is 196 g/mol. The molecule has 13 heavy (non-hydrogen) atoms. The van der Waals surface area contributed by atoms with Gasteiger partial charge in [0.05, 0.1) is 6.21 Å². The quantitative estimate of drug-likeness (QED) is 0.569. The van der Waals surface area contributed by atoms with Crippen LogP contribution < -0.4 is 5.43 Å². The smallest absolute Gasteiger partial charge is 0.236 e. The van der Waals surface area contributed by atoms with Crippen LogP contribution in [0, 0.1) is 0 Å². The topological polar surface area (TPSA) is 41.5 Å². The molecule has 1 aromatic carbocycles. The summed E-state index contributed by atoms with van der Waals surface area (Å²) in [6.45, 7) is 1.40. The molecule has 0 heterocycles. The SMILES string of the molecule is CC(=O)N/N=C\c1ccc(Cl)cc1. The maximum absolute atomic E-state index is 10.4. The molecule has 0 radical (unpaired) electrons. The molecule has 1 amide bonds. The van der Waals surface area contributed by atoms with E-state index in [1.807, 2.05) is 12.1 Å². The Morgan fingerprint density at radius 3 is 2.62 bits per heavy atom. The minimum absolute atomic E-state index is 0.190. The Labute approximate surface area is 81.4 Å². The first kappa shape index (κ1) is 9.74. The Balaban J connectivity index is 2.59. The first-order chi connectivity index (χ1) is 6.18. The molecule has 0 unspecified atom stereocenters. The third-order valence-corrected chi connectivity index (χ3v) is 1.56. The molecule has 1 rings (SSSR count). The molecule has 1 aromatic rings. The van der Waals surface area contributed by atoms with Gasteiger partial charge >= 0.3 is 0 Å². The van der Waals surface area contributed by atoms with Gasteiger partial charge in [-0.05, 0) is 17.7 Å². The highest BCUT2D eigenvalue weighted by atomic mass is 35.5. The van der Waals surface area contributed by atoms with Gasteiger partial charge in [-0.1, -0.05) is 23.7 Å². The highest BCUT2D eigenvalue weighted by Gasteiger charge is 1.88. The number of rotatable bonds is 2. The summed E-state index contributed by atoms with van der Waals surface area (Å²) in [6, 6.07) is 7.15. The number of hydrogen-bond acceptors (Lipinski definition) is 2. The average Bonchev–Trinajstić information content (AvgIpc) is 2.08. The van der Waals surface area contributed by atoms with E-state index in [0.717, 1.165) is 5.56 Å². The molecule has 0 saturated heterocycles. The number of nitrogens with zero attached hydrogens (tertiary/aromatic N) is 1. The van der Waals surface area contributed by atoms with Crippen LogP contribution in [0.25, 0.3) is 0 Å². The van der Waals surface area contributed by atoms with E-state index < -0.39 is 0 Å². The summed E-state index contributed by atoms with van der Waals surface area (Å²) in [5, 5.41) is 4.38. The lowest BCUT2D eigenvalue weighted by molar-refractivity contribution is -0.118. The van der Waals surface area contributed by atoms with Crippen LogP contribution in [0.1, 0.15) is 12.5 Å². The van der Waals surface area contributed by atoms with Crippen molar-refractivity contribution >= 4 is 23.7 Å². The van der Waals surface area contributed by atoms with Crippen molar-refractivity contribution in [1.29, 1.82) is 0 Å². The van der Waals surface area contributed by atoms with Crippen molar-refractivity contribution in [2.24, 2.45) is 5.10 Å². The van der Waals surface area contributed by atoms with Crippen molar-refractivity contribution in [2.75, 3.05) is 0 Å². The van der Waals surface area contributed by atoms with E-state index in [4.69, 9.17) is 11.6 Å². The molecule has 0 aliphatic rings. The maximum atomic E-state index is 10.4. The fourth-order valence-electron chi connectivity index (χ4n) is 0.747. The minimum Gasteiger partial charge on any atom is -0.274 e. The van der Waals surface area contributed by atoms with E-state index in [1.165, 1.54) is 6.92 Å². The number of hydrogen-bond donors (Lipinski definition) is 1. The summed E-state index contributed by atoms with van der Waals surface area (Å²) >= 11 is 5.68. The number of halogens is 1. The Hall–Kier alpha value is -1.35. The molecule has 0 spiro atoms. The zero-order chi connectivity index (χ0) is 9.68. The number of carbonyl (C=O) groups excluding carboxylic acids is 1. The summed E-state index contributed by atoms with van der Waals surface area (Å²) in [5.41, 5.74) is 3.19. The predicted octanol–water partition coefficient (Wildman–Crippen LogP) is 1.81. The Morgan fingerprint density at radius 2 is 2.08 bits per heavy atom. The minimum atomic E-state index is -0.190. The number of hydrazone groups is 1. The molecule has 1 N–H and O–H groups in total. The highest BCUT2D eigenvalue weighted by molar-refractivity contribution is 6.30. The third kappa shape index (κ3) is 3.71. The number of nitrogens with one attached hydrogen (secondary N) is 1. The zero-order valence-electron chi connectivity index (χ0n) is 7.12. The second kappa shape index (κ2) is 4.62. The largest absolute Gasteiger partial charge is 0.274 e. The summed E-state index contributed by atoms with van der Waals surface area (Å²) in [7, 11) is 0. The molecular formula is C9H9ClN2O. The average molecular weight is 197 g/mol. The van der Waals surface area contributed by atoms with Crippen molar-refractivity contribution in [3.05, 3.63) is 34.9 Å². The Bertz CT molecular complexity index is 319. The van der Waals surface area contributed by atoms with Crippen molar-refractivity contribution in [3.8, 4) is 0 Å². The molecule has 3 nitrogen and oxygen atoms in total. The van der Waals surface area contributed by atoms with Crippen LogP contribution in [0.5, 0.6) is 0 Å². The molecule has 0 saturated carbocycles. The molecular weight excluding hydrogens is 188 g/mol. The van der Waals surface area contributed by atoms with Gasteiger partial charge < -0.3 is 0 Å². The second-order valence-corrected chi connectivity index (χ2v) is 2.91. The van der Waals surface area contributed by atoms with Gasteiger partial charge in [0, 0.05) is 11.9 Å². The first-order valence-corrected chi connectivity index (χ1v) is 4.11. The van der Waals surface area contributed by atoms with Crippen molar-refractivity contribution < 1.29 is 4.79 Å². The molecule has 0 bridgehead atoms. The normalized spacial score (nSPS) is 10.3. The highest BCUT2D eigenvalue weighted by Crippen LogP contribution is 2.07. The van der Waals surface area contributed by atoms with Crippen LogP contribution in [0.2, 0.25) is 5.02 Å². The van der Waals surface area contributed by atoms with Crippen LogP contribution >= 0.6 is 11.6 Å².